The number of morpholine rings is 1. The van der Waals surface area contributed by atoms with Crippen LogP contribution >= 0.6 is 11.6 Å². The monoisotopic (exact) mass is 351 g/mol. The first-order chi connectivity index (χ1) is 11.7. The van der Waals surface area contributed by atoms with Gasteiger partial charge in [0.15, 0.2) is 5.82 Å². The van der Waals surface area contributed by atoms with Crippen LogP contribution in [0.15, 0.2) is 18.3 Å². The predicted molar refractivity (Wildman–Crippen MR) is 90.7 cm³/mol. The lowest BCUT2D eigenvalue weighted by atomic mass is 10.2. The molecule has 0 spiro atoms. The van der Waals surface area contributed by atoms with Gasteiger partial charge in [-0.15, -0.1) is 5.10 Å². The molecule has 1 aromatic carbocycles. The third-order valence-electron chi connectivity index (χ3n) is 3.58. The van der Waals surface area contributed by atoms with Crippen molar-refractivity contribution in [1.82, 2.24) is 15.2 Å². The summed E-state index contributed by atoms with van der Waals surface area (Å²) in [4.78, 5) is 6.53. The van der Waals surface area contributed by atoms with Gasteiger partial charge in [0, 0.05) is 25.2 Å². The fraction of sp³-hybridized carbons (Fsp3) is 0.400. The largest absolute Gasteiger partial charge is 0.495 e. The first-order valence-corrected chi connectivity index (χ1v) is 7.80. The van der Waals surface area contributed by atoms with Crippen LogP contribution in [0.4, 0.5) is 17.5 Å². The summed E-state index contributed by atoms with van der Waals surface area (Å²) in [7, 11) is 3.13. The molecule has 1 N–H and O–H groups in total. The molecule has 1 aliphatic heterocycles. The Morgan fingerprint density at radius 1 is 1.17 bits per heavy atom. The zero-order valence-electron chi connectivity index (χ0n) is 13.5. The number of methoxy groups -OCH3 is 2. The van der Waals surface area contributed by atoms with Gasteiger partial charge in [-0.3, -0.25) is 0 Å². The van der Waals surface area contributed by atoms with E-state index >= 15 is 0 Å². The molecule has 8 nitrogen and oxygen atoms in total. The third kappa shape index (κ3) is 3.60. The van der Waals surface area contributed by atoms with Crippen molar-refractivity contribution in [3.8, 4) is 11.5 Å². The van der Waals surface area contributed by atoms with Gasteiger partial charge in [-0.1, -0.05) is 11.6 Å². The number of hydrogen-bond acceptors (Lipinski definition) is 8. The first-order valence-electron chi connectivity index (χ1n) is 7.42. The summed E-state index contributed by atoms with van der Waals surface area (Å²) in [6, 6.07) is 3.43. The minimum absolute atomic E-state index is 0.467. The summed E-state index contributed by atoms with van der Waals surface area (Å²) in [6.07, 6.45) is 1.55. The van der Waals surface area contributed by atoms with Crippen molar-refractivity contribution < 1.29 is 14.2 Å². The van der Waals surface area contributed by atoms with Gasteiger partial charge >= 0.3 is 0 Å². The molecule has 24 heavy (non-hydrogen) atoms. The molecule has 3 rings (SSSR count). The van der Waals surface area contributed by atoms with E-state index in [-0.39, 0.29) is 0 Å². The molecule has 0 amide bonds. The molecular weight excluding hydrogens is 334 g/mol. The topological polar surface area (TPSA) is 81.6 Å². The smallest absolute Gasteiger partial charge is 0.247 e. The standard InChI is InChI=1S/C15H18ClN5O3/c1-22-12-8-11(13(23-2)7-10(12)16)18-14-9-17-20-15(19-14)21-3-5-24-6-4-21/h7-9H,3-6H2,1-2H3,(H,18,19,20). The molecule has 0 atom stereocenters. The van der Waals surface area contributed by atoms with Crippen LogP contribution in [0.3, 0.4) is 0 Å². The van der Waals surface area contributed by atoms with Crippen LogP contribution in [-0.4, -0.2) is 55.7 Å². The average Bonchev–Trinajstić information content (AvgIpc) is 2.63. The SMILES string of the molecule is COc1cc(Nc2cnnc(N3CCOCC3)n2)c(OC)cc1Cl. The van der Waals surface area contributed by atoms with Crippen LogP contribution in [0, 0.1) is 0 Å². The van der Waals surface area contributed by atoms with E-state index in [2.05, 4.69) is 20.5 Å². The van der Waals surface area contributed by atoms with Gasteiger partial charge in [-0.05, 0) is 0 Å². The Hall–Kier alpha value is -2.32. The van der Waals surface area contributed by atoms with Gasteiger partial charge in [0.2, 0.25) is 5.95 Å². The van der Waals surface area contributed by atoms with E-state index in [1.54, 1.807) is 32.5 Å². The molecule has 0 aliphatic carbocycles. The second kappa shape index (κ2) is 7.50. The summed E-state index contributed by atoms with van der Waals surface area (Å²) in [6.45, 7) is 2.79. The number of nitrogens with one attached hydrogen (secondary N) is 1. The molecule has 2 aromatic rings. The second-order valence-corrected chi connectivity index (χ2v) is 5.46. The maximum Gasteiger partial charge on any atom is 0.247 e. The van der Waals surface area contributed by atoms with E-state index in [9.17, 15) is 0 Å². The molecule has 128 valence electrons. The number of hydrogen-bond donors (Lipinski definition) is 1. The van der Waals surface area contributed by atoms with Crippen molar-refractivity contribution in [3.63, 3.8) is 0 Å². The summed E-state index contributed by atoms with van der Waals surface area (Å²) < 4.78 is 15.9. The maximum atomic E-state index is 6.12. The molecule has 1 saturated heterocycles. The number of halogens is 1. The van der Waals surface area contributed by atoms with E-state index in [0.29, 0.717) is 47.2 Å². The highest BCUT2D eigenvalue weighted by Gasteiger charge is 2.16. The quantitative estimate of drug-likeness (QED) is 0.877. The van der Waals surface area contributed by atoms with Crippen molar-refractivity contribution in [1.29, 1.82) is 0 Å². The van der Waals surface area contributed by atoms with Crippen LogP contribution in [0.5, 0.6) is 11.5 Å². The number of benzene rings is 1. The van der Waals surface area contributed by atoms with Gasteiger partial charge in [0.1, 0.15) is 11.5 Å². The Morgan fingerprint density at radius 3 is 2.62 bits per heavy atom. The zero-order chi connectivity index (χ0) is 16.9. The normalized spacial score (nSPS) is 14.4. The summed E-state index contributed by atoms with van der Waals surface area (Å²) in [5.74, 6) is 2.22. The van der Waals surface area contributed by atoms with E-state index in [1.165, 1.54) is 0 Å². The number of rotatable bonds is 5. The van der Waals surface area contributed by atoms with Crippen molar-refractivity contribution in [2.75, 3.05) is 50.7 Å². The molecular formula is C15H18ClN5O3. The Kier molecular flexibility index (Phi) is 5.17. The lowest BCUT2D eigenvalue weighted by Gasteiger charge is -2.26. The summed E-state index contributed by atoms with van der Waals surface area (Å²) in [5.41, 5.74) is 0.673. The van der Waals surface area contributed by atoms with Gasteiger partial charge in [0.25, 0.3) is 0 Å². The molecule has 1 aliphatic rings. The van der Waals surface area contributed by atoms with Crippen molar-refractivity contribution in [3.05, 3.63) is 23.4 Å². The third-order valence-corrected chi connectivity index (χ3v) is 3.87. The molecule has 0 saturated carbocycles. The Balaban J connectivity index is 1.85. The van der Waals surface area contributed by atoms with Crippen LogP contribution < -0.4 is 19.7 Å². The van der Waals surface area contributed by atoms with E-state index in [4.69, 9.17) is 25.8 Å². The van der Waals surface area contributed by atoms with Gasteiger partial charge < -0.3 is 24.4 Å². The molecule has 0 unspecified atom stereocenters. The lowest BCUT2D eigenvalue weighted by Crippen LogP contribution is -2.37. The van der Waals surface area contributed by atoms with Crippen LogP contribution in [0.1, 0.15) is 0 Å². The van der Waals surface area contributed by atoms with Gasteiger partial charge in [-0.25, -0.2) is 0 Å². The molecule has 0 radical (unpaired) electrons. The minimum Gasteiger partial charge on any atom is -0.495 e. The fourth-order valence-corrected chi connectivity index (χ4v) is 2.58. The first kappa shape index (κ1) is 16.5. The van der Waals surface area contributed by atoms with Gasteiger partial charge in [-0.2, -0.15) is 10.1 Å². The predicted octanol–water partition coefficient (Wildman–Crippen LogP) is 2.12. The Bertz CT molecular complexity index is 710. The zero-order valence-corrected chi connectivity index (χ0v) is 14.2. The van der Waals surface area contributed by atoms with E-state index < -0.39 is 0 Å². The number of ether oxygens (including phenoxy) is 3. The van der Waals surface area contributed by atoms with Crippen LogP contribution in [0.2, 0.25) is 5.02 Å². The molecule has 9 heteroatoms. The van der Waals surface area contributed by atoms with E-state index in [0.717, 1.165) is 13.1 Å². The summed E-state index contributed by atoms with van der Waals surface area (Å²) in [5, 5.41) is 11.7. The minimum atomic E-state index is 0.467. The average molecular weight is 352 g/mol. The highest BCUT2D eigenvalue weighted by molar-refractivity contribution is 6.32. The van der Waals surface area contributed by atoms with Crippen molar-refractivity contribution >= 4 is 29.1 Å². The van der Waals surface area contributed by atoms with Crippen LogP contribution in [-0.2, 0) is 4.74 Å². The second-order valence-electron chi connectivity index (χ2n) is 5.05. The van der Waals surface area contributed by atoms with Crippen molar-refractivity contribution in [2.24, 2.45) is 0 Å². The fourth-order valence-electron chi connectivity index (χ4n) is 2.35. The number of aromatic nitrogens is 3. The molecule has 1 aromatic heterocycles. The number of nitrogens with zero attached hydrogens (tertiary/aromatic N) is 4. The molecule has 2 heterocycles. The van der Waals surface area contributed by atoms with Gasteiger partial charge in [0.05, 0.1) is 44.3 Å². The summed E-state index contributed by atoms with van der Waals surface area (Å²) >= 11 is 6.12. The Labute approximate surface area is 144 Å². The maximum absolute atomic E-state index is 6.12. The molecule has 1 fully saturated rings. The lowest BCUT2D eigenvalue weighted by molar-refractivity contribution is 0.122. The highest BCUT2D eigenvalue weighted by Crippen LogP contribution is 2.37. The van der Waals surface area contributed by atoms with E-state index in [1.807, 2.05) is 4.90 Å². The van der Waals surface area contributed by atoms with Crippen molar-refractivity contribution in [2.45, 2.75) is 0 Å². The number of anilines is 3. The molecule has 0 bridgehead atoms. The highest BCUT2D eigenvalue weighted by atomic mass is 35.5. The van der Waals surface area contributed by atoms with Crippen LogP contribution in [0.25, 0.3) is 0 Å². The Morgan fingerprint density at radius 2 is 1.92 bits per heavy atom.